The summed E-state index contributed by atoms with van der Waals surface area (Å²) < 4.78 is 44.1. The van der Waals surface area contributed by atoms with Gasteiger partial charge >= 0.3 is 6.61 Å². The summed E-state index contributed by atoms with van der Waals surface area (Å²) in [6, 6.07) is 6.96. The lowest BCUT2D eigenvalue weighted by Gasteiger charge is -2.21. The molecule has 1 saturated carbocycles. The van der Waals surface area contributed by atoms with E-state index < -0.39 is 17.9 Å². The number of fused-ring (bicyclic) bond motifs is 1. The van der Waals surface area contributed by atoms with E-state index in [1.165, 1.54) is 13.2 Å². The van der Waals surface area contributed by atoms with Crippen LogP contribution in [0.4, 0.5) is 8.78 Å². The number of hydrogen-bond donors (Lipinski definition) is 0. The van der Waals surface area contributed by atoms with Gasteiger partial charge in [-0.1, -0.05) is 11.2 Å². The smallest absolute Gasteiger partial charge is 0.387 e. The summed E-state index contributed by atoms with van der Waals surface area (Å²) in [5.41, 5.74) is 2.19. The maximum Gasteiger partial charge on any atom is 0.387 e. The molecule has 194 valence electrons. The third-order valence-corrected chi connectivity index (χ3v) is 6.74. The van der Waals surface area contributed by atoms with E-state index in [9.17, 15) is 13.6 Å². The van der Waals surface area contributed by atoms with E-state index in [0.717, 1.165) is 23.9 Å². The summed E-state index contributed by atoms with van der Waals surface area (Å²) in [7, 11) is 3.04. The molecule has 3 heterocycles. The summed E-state index contributed by atoms with van der Waals surface area (Å²) in [5, 5.41) is 8.37. The average Bonchev–Trinajstić information content (AvgIpc) is 3.47. The predicted octanol–water partition coefficient (Wildman–Crippen LogP) is 4.86. The van der Waals surface area contributed by atoms with Gasteiger partial charge < -0.3 is 18.9 Å². The van der Waals surface area contributed by atoms with Crippen molar-refractivity contribution in [3.05, 3.63) is 59.5 Å². The minimum absolute atomic E-state index is 0.0312. The number of ether oxygens (including phenoxy) is 2. The van der Waals surface area contributed by atoms with Crippen molar-refractivity contribution < 1.29 is 27.6 Å². The first-order chi connectivity index (χ1) is 17.6. The second-order valence-electron chi connectivity index (χ2n) is 9.65. The maximum absolute atomic E-state index is 13.4. The number of halogens is 2. The summed E-state index contributed by atoms with van der Waals surface area (Å²) in [4.78, 5) is 19.1. The van der Waals surface area contributed by atoms with Crippen LogP contribution in [0, 0.1) is 6.92 Å². The van der Waals surface area contributed by atoms with Crippen LogP contribution in [0.25, 0.3) is 16.6 Å². The van der Waals surface area contributed by atoms with Gasteiger partial charge in [-0.05, 0) is 62.9 Å². The van der Waals surface area contributed by atoms with Gasteiger partial charge in [0, 0.05) is 24.8 Å². The number of pyridine rings is 1. The minimum atomic E-state index is -3.11. The van der Waals surface area contributed by atoms with Crippen LogP contribution in [-0.4, -0.2) is 57.4 Å². The molecular weight excluding hydrogens is 484 g/mol. The van der Waals surface area contributed by atoms with Crippen LogP contribution in [0.15, 0.2) is 41.2 Å². The monoisotopic (exact) mass is 511 g/mol. The molecule has 0 N–H and O–H groups in total. The van der Waals surface area contributed by atoms with Crippen molar-refractivity contribution in [1.29, 1.82) is 0 Å². The first-order valence-electron chi connectivity index (χ1n) is 11.8. The lowest BCUT2D eigenvalue weighted by molar-refractivity contribution is -0.0503. The number of carbonyl (C=O) groups is 1. The standard InChI is InChI=1S/C26H27F2N5O4/c1-14-30-24(37-31-14)26(2,3)16-6-9-19-18(12-29-33(19)13-16)15-10-20(35-5)22(21(11-15)36-25(27)28)23(34)32(4)17-7-8-17/h6,9-13,17,25H,7-8H2,1-5H3. The van der Waals surface area contributed by atoms with E-state index >= 15 is 0 Å². The van der Waals surface area contributed by atoms with Gasteiger partial charge in [0.2, 0.25) is 5.89 Å². The van der Waals surface area contributed by atoms with Crippen molar-refractivity contribution >= 4 is 11.4 Å². The normalized spacial score (nSPS) is 13.8. The molecule has 0 atom stereocenters. The molecular formula is C26H27F2N5O4. The van der Waals surface area contributed by atoms with Crippen molar-refractivity contribution in [3.63, 3.8) is 0 Å². The number of aryl methyl sites for hydroxylation is 1. The fourth-order valence-corrected chi connectivity index (χ4v) is 4.36. The van der Waals surface area contributed by atoms with Gasteiger partial charge in [-0.2, -0.15) is 18.9 Å². The highest BCUT2D eigenvalue weighted by Gasteiger charge is 2.34. The molecule has 5 rings (SSSR count). The minimum Gasteiger partial charge on any atom is -0.496 e. The molecule has 0 aliphatic heterocycles. The number of benzene rings is 1. The summed E-state index contributed by atoms with van der Waals surface area (Å²) >= 11 is 0. The molecule has 11 heteroatoms. The molecule has 0 radical (unpaired) electrons. The van der Waals surface area contributed by atoms with Crippen molar-refractivity contribution in [2.45, 2.75) is 51.7 Å². The number of carbonyl (C=O) groups excluding carboxylic acids is 1. The maximum atomic E-state index is 13.4. The SMILES string of the molecule is COc1cc(-c2cnn3cc(C(C)(C)c4nc(C)no4)ccc23)cc(OC(F)F)c1C(=O)N(C)C1CC1. The van der Waals surface area contributed by atoms with E-state index in [1.54, 1.807) is 35.6 Å². The lowest BCUT2D eigenvalue weighted by atomic mass is 9.85. The van der Waals surface area contributed by atoms with Gasteiger partial charge in [-0.15, -0.1) is 0 Å². The topological polar surface area (TPSA) is 95.0 Å². The van der Waals surface area contributed by atoms with Gasteiger partial charge in [0.1, 0.15) is 17.1 Å². The van der Waals surface area contributed by atoms with Crippen LogP contribution >= 0.6 is 0 Å². The molecule has 0 saturated heterocycles. The average molecular weight is 512 g/mol. The molecule has 0 spiro atoms. The number of alkyl halides is 2. The molecule has 0 bridgehead atoms. The van der Waals surface area contributed by atoms with Gasteiger partial charge in [0.15, 0.2) is 5.82 Å². The Morgan fingerprint density at radius 2 is 1.97 bits per heavy atom. The van der Waals surface area contributed by atoms with Crippen molar-refractivity contribution in [1.82, 2.24) is 24.7 Å². The van der Waals surface area contributed by atoms with E-state index in [2.05, 4.69) is 15.2 Å². The highest BCUT2D eigenvalue weighted by atomic mass is 19.3. The van der Waals surface area contributed by atoms with Crippen LogP contribution in [0.2, 0.25) is 0 Å². The van der Waals surface area contributed by atoms with Crippen LogP contribution in [0.1, 0.15) is 54.3 Å². The third-order valence-electron chi connectivity index (χ3n) is 6.74. The summed E-state index contributed by atoms with van der Waals surface area (Å²) in [5.74, 6) is 0.503. The number of nitrogens with zero attached hydrogens (tertiary/aromatic N) is 5. The highest BCUT2D eigenvalue weighted by molar-refractivity contribution is 6.01. The highest BCUT2D eigenvalue weighted by Crippen LogP contribution is 2.40. The van der Waals surface area contributed by atoms with Crippen LogP contribution in [0.5, 0.6) is 11.5 Å². The number of rotatable bonds is 8. The quantitative estimate of drug-likeness (QED) is 0.333. The molecule has 1 aromatic carbocycles. The number of aromatic nitrogens is 4. The number of amides is 1. The first-order valence-corrected chi connectivity index (χ1v) is 11.8. The Morgan fingerprint density at radius 1 is 1.24 bits per heavy atom. The summed E-state index contributed by atoms with van der Waals surface area (Å²) in [6.45, 7) is 2.59. The predicted molar refractivity (Wildman–Crippen MR) is 130 cm³/mol. The van der Waals surface area contributed by atoms with E-state index in [4.69, 9.17) is 14.0 Å². The molecule has 1 aliphatic rings. The Labute approximate surface area is 212 Å². The molecule has 4 aromatic rings. The fraction of sp³-hybridized carbons (Fsp3) is 0.385. The summed E-state index contributed by atoms with van der Waals surface area (Å²) in [6.07, 6.45) is 5.23. The molecule has 1 amide bonds. The van der Waals surface area contributed by atoms with Crippen LogP contribution < -0.4 is 9.47 Å². The van der Waals surface area contributed by atoms with E-state index in [-0.39, 0.29) is 23.1 Å². The first kappa shape index (κ1) is 24.7. The van der Waals surface area contributed by atoms with Gasteiger partial charge in [0.25, 0.3) is 5.91 Å². The van der Waals surface area contributed by atoms with E-state index in [1.807, 2.05) is 32.2 Å². The third kappa shape index (κ3) is 4.49. The molecule has 1 aliphatic carbocycles. The second kappa shape index (κ2) is 9.13. The Hall–Kier alpha value is -4.02. The van der Waals surface area contributed by atoms with Crippen LogP contribution in [0.3, 0.4) is 0 Å². The van der Waals surface area contributed by atoms with Gasteiger partial charge in [-0.3, -0.25) is 4.79 Å². The van der Waals surface area contributed by atoms with E-state index in [0.29, 0.717) is 22.8 Å². The fourth-order valence-electron chi connectivity index (χ4n) is 4.36. The van der Waals surface area contributed by atoms with Crippen molar-refractivity contribution in [2.24, 2.45) is 0 Å². The largest absolute Gasteiger partial charge is 0.496 e. The lowest BCUT2D eigenvalue weighted by Crippen LogP contribution is -2.29. The zero-order valence-electron chi connectivity index (χ0n) is 21.2. The molecule has 0 unspecified atom stereocenters. The molecule has 9 nitrogen and oxygen atoms in total. The van der Waals surface area contributed by atoms with Gasteiger partial charge in [0.05, 0.1) is 24.2 Å². The van der Waals surface area contributed by atoms with Crippen molar-refractivity contribution in [3.8, 4) is 22.6 Å². The zero-order valence-corrected chi connectivity index (χ0v) is 21.2. The van der Waals surface area contributed by atoms with Crippen molar-refractivity contribution in [2.75, 3.05) is 14.2 Å². The number of hydrogen-bond acceptors (Lipinski definition) is 7. The zero-order chi connectivity index (χ0) is 26.5. The Morgan fingerprint density at radius 3 is 2.59 bits per heavy atom. The van der Waals surface area contributed by atoms with Crippen LogP contribution in [-0.2, 0) is 5.41 Å². The Kier molecular flexibility index (Phi) is 6.09. The molecule has 37 heavy (non-hydrogen) atoms. The molecule has 3 aromatic heterocycles. The second-order valence-corrected chi connectivity index (χ2v) is 9.65. The van der Waals surface area contributed by atoms with Gasteiger partial charge in [-0.25, -0.2) is 4.52 Å². The molecule has 1 fully saturated rings. The Bertz CT molecular complexity index is 1480. The Balaban J connectivity index is 1.58. The number of methoxy groups -OCH3 is 1.